The first-order valence-electron chi connectivity index (χ1n) is 11.7. The molecule has 0 unspecified atom stereocenters. The number of ether oxygens (including phenoxy) is 2. The van der Waals surface area contributed by atoms with Gasteiger partial charge in [0.25, 0.3) is 10.0 Å². The van der Waals surface area contributed by atoms with Gasteiger partial charge in [-0.15, -0.1) is 0 Å². The van der Waals surface area contributed by atoms with Crippen LogP contribution in [0.3, 0.4) is 0 Å². The van der Waals surface area contributed by atoms with E-state index in [2.05, 4.69) is 15.7 Å². The van der Waals surface area contributed by atoms with Crippen molar-refractivity contribution in [3.63, 3.8) is 0 Å². The van der Waals surface area contributed by atoms with E-state index in [1.807, 2.05) is 0 Å². The number of aromatic nitrogens is 2. The number of nitrogens with one attached hydrogen (secondary N) is 2. The number of benzene rings is 1. The van der Waals surface area contributed by atoms with E-state index in [4.69, 9.17) is 9.47 Å². The number of hydrogen-bond donors (Lipinski definition) is 2. The minimum Gasteiger partial charge on any atom is -0.484 e. The van der Waals surface area contributed by atoms with E-state index in [1.165, 1.54) is 25.1 Å². The van der Waals surface area contributed by atoms with Crippen molar-refractivity contribution in [2.24, 2.45) is 5.92 Å². The van der Waals surface area contributed by atoms with Crippen molar-refractivity contribution in [1.82, 2.24) is 15.1 Å². The predicted octanol–water partition coefficient (Wildman–Crippen LogP) is 3.42. The second-order valence-corrected chi connectivity index (χ2v) is 11.8. The number of aryl methyl sites for hydroxylation is 1. The largest absolute Gasteiger partial charge is 0.484 e. The molecule has 2 aliphatic rings. The summed E-state index contributed by atoms with van der Waals surface area (Å²) in [5.74, 6) is 0.00365. The van der Waals surface area contributed by atoms with Gasteiger partial charge in [-0.1, -0.05) is 0 Å². The maximum atomic E-state index is 13.7. The Kier molecular flexibility index (Phi) is 7.06. The van der Waals surface area contributed by atoms with Gasteiger partial charge in [-0.3, -0.25) is 14.4 Å². The fourth-order valence-corrected chi connectivity index (χ4v) is 5.44. The topological polar surface area (TPSA) is 132 Å². The molecule has 37 heavy (non-hydrogen) atoms. The third kappa shape index (κ3) is 6.12. The van der Waals surface area contributed by atoms with E-state index in [9.17, 15) is 26.8 Å². The Balaban J connectivity index is 1.67. The molecule has 2 amide bonds. The molecule has 1 atom stereocenters. The van der Waals surface area contributed by atoms with Crippen molar-refractivity contribution in [2.45, 2.75) is 63.7 Å². The van der Waals surface area contributed by atoms with Crippen molar-refractivity contribution in [2.75, 3.05) is 22.7 Å². The normalized spacial score (nSPS) is 17.7. The monoisotopic (exact) mass is 541 g/mol. The van der Waals surface area contributed by atoms with Crippen LogP contribution in [-0.2, 0) is 19.6 Å². The van der Waals surface area contributed by atoms with Gasteiger partial charge in [0.05, 0.1) is 30.7 Å². The van der Waals surface area contributed by atoms with Crippen molar-refractivity contribution in [1.29, 1.82) is 0 Å². The molecule has 1 aromatic heterocycles. The summed E-state index contributed by atoms with van der Waals surface area (Å²) in [6.07, 6.45) is 0.897. The molecule has 14 heteroatoms. The van der Waals surface area contributed by atoms with Crippen LogP contribution in [0.2, 0.25) is 0 Å². The number of nitrogens with zero attached hydrogens (tertiary/aromatic N) is 3. The van der Waals surface area contributed by atoms with Gasteiger partial charge in [-0.25, -0.2) is 17.9 Å². The van der Waals surface area contributed by atoms with Crippen LogP contribution in [0, 0.1) is 12.8 Å². The molecular formula is C23H29F2N5O6S. The highest BCUT2D eigenvalue weighted by atomic mass is 32.2. The first kappa shape index (κ1) is 26.6. The minimum atomic E-state index is -4.39. The summed E-state index contributed by atoms with van der Waals surface area (Å²) in [5.41, 5.74) is -0.535. The summed E-state index contributed by atoms with van der Waals surface area (Å²) in [6, 6.07) is 4.39. The number of sulfonamides is 1. The van der Waals surface area contributed by atoms with Crippen LogP contribution in [0.4, 0.5) is 25.0 Å². The average molecular weight is 542 g/mol. The number of amides is 2. The summed E-state index contributed by atoms with van der Waals surface area (Å²) in [7, 11) is -4.39. The van der Waals surface area contributed by atoms with E-state index >= 15 is 0 Å². The zero-order valence-corrected chi connectivity index (χ0v) is 21.6. The zero-order chi connectivity index (χ0) is 27.1. The number of rotatable bonds is 7. The van der Waals surface area contributed by atoms with Crippen LogP contribution in [-0.4, -0.2) is 55.0 Å². The van der Waals surface area contributed by atoms with Crippen LogP contribution >= 0.6 is 0 Å². The third-order valence-corrected chi connectivity index (χ3v) is 7.51. The Labute approximate surface area is 213 Å². The van der Waals surface area contributed by atoms with E-state index in [0.29, 0.717) is 0 Å². The van der Waals surface area contributed by atoms with Crippen LogP contribution in [0.1, 0.15) is 45.9 Å². The molecule has 1 aromatic carbocycles. The Morgan fingerprint density at radius 2 is 1.97 bits per heavy atom. The molecule has 11 nitrogen and oxygen atoms in total. The number of carbonyl (C=O) groups is 2. The number of carbonyl (C=O) groups excluding carboxylic acids is 2. The lowest BCUT2D eigenvalue weighted by atomic mass is 10.2. The fraction of sp³-hybridized carbons (Fsp3) is 0.522. The maximum absolute atomic E-state index is 13.7. The molecule has 0 radical (unpaired) electrons. The smallest absolute Gasteiger partial charge is 0.412 e. The minimum absolute atomic E-state index is 0.0416. The third-order valence-electron chi connectivity index (χ3n) is 5.63. The van der Waals surface area contributed by atoms with E-state index < -0.39 is 39.3 Å². The molecule has 2 aromatic rings. The second-order valence-electron chi connectivity index (χ2n) is 9.94. The number of fused-ring (bicyclic) bond motifs is 1. The summed E-state index contributed by atoms with van der Waals surface area (Å²) in [6.45, 7) is 3.24. The van der Waals surface area contributed by atoms with E-state index in [0.717, 1.165) is 23.3 Å². The lowest BCUT2D eigenvalue weighted by Gasteiger charge is -2.35. The number of halogens is 2. The number of anilines is 2. The van der Waals surface area contributed by atoms with Crippen molar-refractivity contribution in [3.8, 4) is 5.75 Å². The highest BCUT2D eigenvalue weighted by molar-refractivity contribution is 7.92. The highest BCUT2D eigenvalue weighted by Gasteiger charge is 2.38. The van der Waals surface area contributed by atoms with Gasteiger partial charge in [-0.2, -0.15) is 13.9 Å². The van der Waals surface area contributed by atoms with E-state index in [1.54, 1.807) is 20.8 Å². The van der Waals surface area contributed by atoms with Gasteiger partial charge < -0.3 is 14.8 Å². The average Bonchev–Trinajstić information content (AvgIpc) is 3.56. The molecule has 2 heterocycles. The van der Waals surface area contributed by atoms with Gasteiger partial charge in [-0.05, 0) is 58.7 Å². The molecular weight excluding hydrogens is 512 g/mol. The molecule has 0 saturated heterocycles. The second kappa shape index (κ2) is 9.80. The molecule has 1 saturated carbocycles. The first-order valence-corrected chi connectivity index (χ1v) is 13.1. The molecule has 2 N–H and O–H groups in total. The number of hydrogen-bond acceptors (Lipinski definition) is 7. The van der Waals surface area contributed by atoms with Crippen LogP contribution in [0.5, 0.6) is 5.75 Å². The molecule has 1 aliphatic heterocycles. The Bertz CT molecular complexity index is 1300. The van der Waals surface area contributed by atoms with Crippen molar-refractivity contribution in [3.05, 3.63) is 30.1 Å². The molecule has 0 spiro atoms. The summed E-state index contributed by atoms with van der Waals surface area (Å²) in [5, 5.41) is 8.94. The summed E-state index contributed by atoms with van der Waals surface area (Å²) < 4.78 is 66.3. The summed E-state index contributed by atoms with van der Waals surface area (Å²) >= 11 is 0. The first-order chi connectivity index (χ1) is 17.2. The number of alkyl halides is 2. The van der Waals surface area contributed by atoms with Gasteiger partial charge in [0.15, 0.2) is 0 Å². The lowest BCUT2D eigenvalue weighted by molar-refractivity contribution is -0.122. The molecule has 0 bridgehead atoms. The van der Waals surface area contributed by atoms with E-state index in [-0.39, 0.29) is 52.4 Å². The summed E-state index contributed by atoms with van der Waals surface area (Å²) in [4.78, 5) is 24.0. The lowest BCUT2D eigenvalue weighted by Crippen LogP contribution is -2.48. The maximum Gasteiger partial charge on any atom is 0.412 e. The standard InChI is InChI=1S/C23H29F2N5O6S/c1-13-19(12-29(28-13)21(24)25)37(33,34)30-11-16(10-26-20(31)14-5-6-14)35-18-8-7-15(9-17(18)30)27-22(32)36-23(2,3)4/h7-9,12,14,16,21H,5-6,10-11H2,1-4H3,(H,26,31)(H,27,32)/t16-/m0/s1. The van der Waals surface area contributed by atoms with Crippen molar-refractivity contribution >= 4 is 33.4 Å². The SMILES string of the molecule is Cc1nn(C(F)F)cc1S(=O)(=O)N1C[C@H](CNC(=O)C2CC2)Oc2ccc(NC(=O)OC(C)(C)C)cc21. The Hall–Kier alpha value is -3.42. The molecule has 202 valence electrons. The van der Waals surface area contributed by atoms with Crippen molar-refractivity contribution < 1.29 is 36.3 Å². The zero-order valence-electron chi connectivity index (χ0n) is 20.8. The van der Waals surface area contributed by atoms with Crippen LogP contribution in [0.15, 0.2) is 29.3 Å². The fourth-order valence-electron chi connectivity index (χ4n) is 3.79. The highest BCUT2D eigenvalue weighted by Crippen LogP contribution is 2.39. The Morgan fingerprint density at radius 1 is 1.27 bits per heavy atom. The van der Waals surface area contributed by atoms with Gasteiger partial charge in [0.2, 0.25) is 5.91 Å². The van der Waals surface area contributed by atoms with Gasteiger partial charge in [0.1, 0.15) is 22.4 Å². The molecule has 1 fully saturated rings. The van der Waals surface area contributed by atoms with Gasteiger partial charge in [0, 0.05) is 11.6 Å². The predicted molar refractivity (Wildman–Crippen MR) is 129 cm³/mol. The molecule has 1 aliphatic carbocycles. The van der Waals surface area contributed by atoms with Crippen LogP contribution in [0.25, 0.3) is 0 Å². The van der Waals surface area contributed by atoms with Crippen LogP contribution < -0.4 is 19.7 Å². The molecule has 4 rings (SSSR count). The quantitative estimate of drug-likeness (QED) is 0.549. The van der Waals surface area contributed by atoms with Gasteiger partial charge >= 0.3 is 12.6 Å². The Morgan fingerprint density at radius 3 is 2.57 bits per heavy atom.